The lowest BCUT2D eigenvalue weighted by atomic mass is 9.94. The van der Waals surface area contributed by atoms with Gasteiger partial charge < -0.3 is 14.5 Å². The van der Waals surface area contributed by atoms with Crippen LogP contribution in [0.1, 0.15) is 60.5 Å². The fourth-order valence-electron chi connectivity index (χ4n) is 5.87. The average Bonchev–Trinajstić information content (AvgIpc) is 3.56. The van der Waals surface area contributed by atoms with Crippen molar-refractivity contribution in [1.82, 2.24) is 9.80 Å². The third-order valence-electron chi connectivity index (χ3n) is 8.26. The van der Waals surface area contributed by atoms with Crippen LogP contribution < -0.4 is 4.90 Å². The lowest BCUT2D eigenvalue weighted by molar-refractivity contribution is -0.135. The van der Waals surface area contributed by atoms with Gasteiger partial charge in [0.1, 0.15) is 0 Å². The molecule has 0 radical (unpaired) electrons. The molecule has 3 aromatic rings. The van der Waals surface area contributed by atoms with Crippen molar-refractivity contribution in [2.24, 2.45) is 0 Å². The van der Waals surface area contributed by atoms with E-state index in [1.807, 2.05) is 47.4 Å². The number of hydrogen-bond acceptors (Lipinski definition) is 5. The van der Waals surface area contributed by atoms with Gasteiger partial charge in [-0.05, 0) is 60.2 Å². The van der Waals surface area contributed by atoms with Crippen LogP contribution in [0.3, 0.4) is 0 Å². The maximum Gasteiger partial charge on any atom is 0.230 e. The van der Waals surface area contributed by atoms with Gasteiger partial charge in [-0.2, -0.15) is 5.26 Å². The number of rotatable bonds is 10. The molecule has 5 rings (SSSR count). The van der Waals surface area contributed by atoms with E-state index in [0.29, 0.717) is 12.2 Å². The van der Waals surface area contributed by atoms with Crippen LogP contribution in [0, 0.1) is 11.3 Å². The topological polar surface area (TPSA) is 59.8 Å². The summed E-state index contributed by atoms with van der Waals surface area (Å²) in [5.74, 6) is 0.157. The van der Waals surface area contributed by atoms with E-state index in [4.69, 9.17) is 10.00 Å². The molecule has 0 bridgehead atoms. The number of nitriles is 1. The standard InChI is InChI=1S/C34H40N4O2/c1-2-32(29-9-4-3-5-10-29)34(39)38-21-19-36(20-22-38)25-33(40-26-28-15-13-27(24-35)14-16-28)30-11-8-12-31(23-30)37-17-6-7-18-37/h3-5,8-16,23,32-33H,2,6-7,17-22,25-26H2,1H3/t32-,33-/m1/s1. The highest BCUT2D eigenvalue weighted by Gasteiger charge is 2.29. The number of amides is 1. The van der Waals surface area contributed by atoms with Gasteiger partial charge in [-0.15, -0.1) is 0 Å². The second-order valence-electron chi connectivity index (χ2n) is 10.9. The lowest BCUT2D eigenvalue weighted by Crippen LogP contribution is -2.50. The number of nitrogens with zero attached hydrogens (tertiary/aromatic N) is 4. The van der Waals surface area contributed by atoms with Crippen LogP contribution in [-0.2, 0) is 16.1 Å². The number of ether oxygens (including phenoxy) is 1. The van der Waals surface area contributed by atoms with Gasteiger partial charge in [-0.25, -0.2) is 0 Å². The van der Waals surface area contributed by atoms with Crippen molar-refractivity contribution in [3.05, 3.63) is 101 Å². The molecule has 2 atom stereocenters. The normalized spacial score (nSPS) is 17.4. The summed E-state index contributed by atoms with van der Waals surface area (Å²) in [5, 5.41) is 9.13. The van der Waals surface area contributed by atoms with Crippen LogP contribution in [0.25, 0.3) is 0 Å². The average molecular weight is 537 g/mol. The predicted octanol–water partition coefficient (Wildman–Crippen LogP) is 5.75. The molecule has 40 heavy (non-hydrogen) atoms. The molecule has 2 fully saturated rings. The molecule has 2 aliphatic rings. The molecule has 2 saturated heterocycles. The molecule has 3 aromatic carbocycles. The fraction of sp³-hybridized carbons (Fsp3) is 0.412. The third kappa shape index (κ3) is 6.91. The Balaban J connectivity index is 1.25. The zero-order chi connectivity index (χ0) is 27.7. The van der Waals surface area contributed by atoms with Crippen LogP contribution in [-0.4, -0.2) is 61.5 Å². The van der Waals surface area contributed by atoms with Gasteiger partial charge in [0.2, 0.25) is 5.91 Å². The van der Waals surface area contributed by atoms with E-state index in [9.17, 15) is 4.79 Å². The Morgan fingerprint density at radius 3 is 2.25 bits per heavy atom. The van der Waals surface area contributed by atoms with Gasteiger partial charge in [-0.1, -0.05) is 61.5 Å². The Hall–Kier alpha value is -3.66. The van der Waals surface area contributed by atoms with E-state index in [-0.39, 0.29) is 17.9 Å². The van der Waals surface area contributed by atoms with Gasteiger partial charge in [0.05, 0.1) is 30.3 Å². The van der Waals surface area contributed by atoms with Crippen molar-refractivity contribution in [2.75, 3.05) is 50.7 Å². The van der Waals surface area contributed by atoms with Crippen molar-refractivity contribution in [1.29, 1.82) is 5.26 Å². The van der Waals surface area contributed by atoms with Crippen LogP contribution in [0.2, 0.25) is 0 Å². The van der Waals surface area contributed by atoms with Gasteiger partial charge in [0.25, 0.3) is 0 Å². The molecule has 6 nitrogen and oxygen atoms in total. The Morgan fingerprint density at radius 2 is 1.57 bits per heavy atom. The first kappa shape index (κ1) is 27.9. The largest absolute Gasteiger partial charge is 0.372 e. The lowest BCUT2D eigenvalue weighted by Gasteiger charge is -2.38. The first-order chi connectivity index (χ1) is 19.6. The smallest absolute Gasteiger partial charge is 0.230 e. The summed E-state index contributed by atoms with van der Waals surface area (Å²) >= 11 is 0. The summed E-state index contributed by atoms with van der Waals surface area (Å²) in [6, 6.07) is 28.8. The molecule has 2 aliphatic heterocycles. The maximum absolute atomic E-state index is 13.4. The Kier molecular flexibility index (Phi) is 9.49. The van der Waals surface area contributed by atoms with E-state index < -0.39 is 0 Å². The third-order valence-corrected chi connectivity index (χ3v) is 8.26. The Bertz CT molecular complexity index is 1270. The SMILES string of the molecule is CC[C@@H](C(=O)N1CCN(C[C@@H](OCc2ccc(C#N)cc2)c2cccc(N3CCCC3)c2)CC1)c1ccccc1. The van der Waals surface area contributed by atoms with Crippen LogP contribution >= 0.6 is 0 Å². The van der Waals surface area contributed by atoms with Crippen molar-refractivity contribution >= 4 is 11.6 Å². The highest BCUT2D eigenvalue weighted by atomic mass is 16.5. The number of hydrogen-bond donors (Lipinski definition) is 0. The minimum atomic E-state index is -0.0897. The van der Waals surface area contributed by atoms with Crippen molar-refractivity contribution < 1.29 is 9.53 Å². The fourth-order valence-corrected chi connectivity index (χ4v) is 5.87. The molecule has 2 heterocycles. The number of piperazine rings is 1. The van der Waals surface area contributed by atoms with Crippen LogP contribution in [0.5, 0.6) is 0 Å². The van der Waals surface area contributed by atoms with E-state index in [0.717, 1.165) is 63.4 Å². The summed E-state index contributed by atoms with van der Waals surface area (Å²) in [4.78, 5) is 20.3. The Labute approximate surface area is 238 Å². The van der Waals surface area contributed by atoms with E-state index in [2.05, 4.69) is 59.2 Å². The van der Waals surface area contributed by atoms with Gasteiger partial charge in [0.15, 0.2) is 0 Å². The summed E-state index contributed by atoms with van der Waals surface area (Å²) in [7, 11) is 0. The van der Waals surface area contributed by atoms with Crippen LogP contribution in [0.15, 0.2) is 78.9 Å². The molecule has 0 aromatic heterocycles. The Morgan fingerprint density at radius 1 is 0.875 bits per heavy atom. The second kappa shape index (κ2) is 13.6. The zero-order valence-corrected chi connectivity index (χ0v) is 23.5. The summed E-state index contributed by atoms with van der Waals surface area (Å²) < 4.78 is 6.57. The number of carbonyl (C=O) groups excluding carboxylic acids is 1. The van der Waals surface area contributed by atoms with E-state index in [1.54, 1.807) is 0 Å². The van der Waals surface area contributed by atoms with Crippen LogP contribution in [0.4, 0.5) is 5.69 Å². The van der Waals surface area contributed by atoms with Gasteiger partial charge >= 0.3 is 0 Å². The highest BCUT2D eigenvalue weighted by Crippen LogP contribution is 2.28. The van der Waals surface area contributed by atoms with Crippen molar-refractivity contribution in [3.8, 4) is 6.07 Å². The predicted molar refractivity (Wildman–Crippen MR) is 159 cm³/mol. The molecule has 208 valence electrons. The first-order valence-electron chi connectivity index (χ1n) is 14.7. The van der Waals surface area contributed by atoms with Gasteiger partial charge in [-0.3, -0.25) is 9.69 Å². The van der Waals surface area contributed by atoms with E-state index in [1.165, 1.54) is 24.1 Å². The molecule has 0 spiro atoms. The van der Waals surface area contributed by atoms with Crippen molar-refractivity contribution in [3.63, 3.8) is 0 Å². The van der Waals surface area contributed by atoms with E-state index >= 15 is 0 Å². The maximum atomic E-state index is 13.4. The molecule has 0 saturated carbocycles. The molecule has 6 heteroatoms. The summed E-state index contributed by atoms with van der Waals surface area (Å²) in [6.07, 6.45) is 3.21. The quantitative estimate of drug-likeness (QED) is 0.330. The minimum Gasteiger partial charge on any atom is -0.372 e. The number of benzene rings is 3. The monoisotopic (exact) mass is 536 g/mol. The van der Waals surface area contributed by atoms with Gasteiger partial charge in [0, 0.05) is 51.5 Å². The summed E-state index contributed by atoms with van der Waals surface area (Å²) in [6.45, 7) is 8.71. The zero-order valence-electron chi connectivity index (χ0n) is 23.5. The molecule has 0 unspecified atom stereocenters. The minimum absolute atomic E-state index is 0.0791. The second-order valence-corrected chi connectivity index (χ2v) is 10.9. The summed E-state index contributed by atoms with van der Waals surface area (Å²) in [5.41, 5.74) is 5.27. The first-order valence-corrected chi connectivity index (χ1v) is 14.7. The molecule has 0 aliphatic carbocycles. The van der Waals surface area contributed by atoms with Crippen molar-refractivity contribution in [2.45, 2.75) is 44.8 Å². The molecule has 1 amide bonds. The molecular formula is C34H40N4O2. The molecule has 0 N–H and O–H groups in total. The highest BCUT2D eigenvalue weighted by molar-refractivity contribution is 5.83. The number of anilines is 1. The molecular weight excluding hydrogens is 496 g/mol. The number of carbonyl (C=O) groups is 1.